The van der Waals surface area contributed by atoms with Gasteiger partial charge in [0.25, 0.3) is 0 Å². The standard InChI is InChI=1S/C21H15N3O2/c22-12-16(21-23-17-9-3-4-10-18(17)24-21)19(25)13-26-20-11-5-7-14-6-1-2-8-15(14)20/h1-11,16H,13H2,(H,23,24)/t16-/m0/s1. The van der Waals surface area contributed by atoms with Crippen molar-refractivity contribution in [2.45, 2.75) is 5.92 Å². The summed E-state index contributed by atoms with van der Waals surface area (Å²) in [6, 6.07) is 22.9. The molecule has 0 saturated carbocycles. The van der Waals surface area contributed by atoms with Gasteiger partial charge in [0, 0.05) is 5.39 Å². The zero-order valence-corrected chi connectivity index (χ0v) is 13.8. The van der Waals surface area contributed by atoms with Gasteiger partial charge in [-0.1, -0.05) is 48.5 Å². The molecule has 26 heavy (non-hydrogen) atoms. The molecule has 0 radical (unpaired) electrons. The highest BCUT2D eigenvalue weighted by Crippen LogP contribution is 2.26. The number of nitrogens with one attached hydrogen (secondary N) is 1. The molecule has 0 amide bonds. The molecule has 0 aliphatic rings. The Balaban J connectivity index is 1.55. The fraction of sp³-hybridized carbons (Fsp3) is 0.0952. The van der Waals surface area contributed by atoms with Crippen LogP contribution < -0.4 is 4.74 Å². The van der Waals surface area contributed by atoms with Gasteiger partial charge >= 0.3 is 0 Å². The summed E-state index contributed by atoms with van der Waals surface area (Å²) in [6.45, 7) is -0.191. The number of aromatic nitrogens is 2. The highest BCUT2D eigenvalue weighted by molar-refractivity contribution is 5.91. The number of rotatable bonds is 5. The molecule has 1 heterocycles. The summed E-state index contributed by atoms with van der Waals surface area (Å²) in [4.78, 5) is 20.0. The van der Waals surface area contributed by atoms with Crippen LogP contribution in [0.25, 0.3) is 21.8 Å². The summed E-state index contributed by atoms with van der Waals surface area (Å²) in [6.07, 6.45) is 0. The van der Waals surface area contributed by atoms with Gasteiger partial charge in [-0.15, -0.1) is 0 Å². The van der Waals surface area contributed by atoms with E-state index in [-0.39, 0.29) is 12.4 Å². The number of carbonyl (C=O) groups is 1. The van der Waals surface area contributed by atoms with Gasteiger partial charge in [0.15, 0.2) is 11.7 Å². The van der Waals surface area contributed by atoms with E-state index in [9.17, 15) is 10.1 Å². The number of hydrogen-bond acceptors (Lipinski definition) is 4. The molecule has 0 aliphatic heterocycles. The summed E-state index contributed by atoms with van der Waals surface area (Å²) in [7, 11) is 0. The average Bonchev–Trinajstić information content (AvgIpc) is 3.10. The first-order valence-corrected chi connectivity index (χ1v) is 8.24. The number of ether oxygens (including phenoxy) is 1. The Bertz CT molecular complexity index is 1100. The normalized spacial score (nSPS) is 12.0. The van der Waals surface area contributed by atoms with E-state index in [4.69, 9.17) is 4.74 Å². The Morgan fingerprint density at radius 1 is 1.08 bits per heavy atom. The number of carbonyl (C=O) groups excluding carboxylic acids is 1. The third kappa shape index (κ3) is 2.89. The van der Waals surface area contributed by atoms with Crippen molar-refractivity contribution in [1.29, 1.82) is 5.26 Å². The van der Waals surface area contributed by atoms with Crippen molar-refractivity contribution in [2.24, 2.45) is 0 Å². The van der Waals surface area contributed by atoms with Crippen LogP contribution in [0.3, 0.4) is 0 Å². The number of hydrogen-bond donors (Lipinski definition) is 1. The molecule has 0 aliphatic carbocycles. The monoisotopic (exact) mass is 341 g/mol. The second kappa shape index (κ2) is 6.69. The molecule has 0 spiro atoms. The molecule has 3 aromatic carbocycles. The van der Waals surface area contributed by atoms with E-state index in [0.717, 1.165) is 21.8 Å². The Kier molecular flexibility index (Phi) is 4.08. The summed E-state index contributed by atoms with van der Waals surface area (Å²) >= 11 is 0. The lowest BCUT2D eigenvalue weighted by Crippen LogP contribution is -2.20. The van der Waals surface area contributed by atoms with Crippen LogP contribution in [0.4, 0.5) is 0 Å². The molecule has 0 bridgehead atoms. The van der Waals surface area contributed by atoms with E-state index < -0.39 is 5.92 Å². The van der Waals surface area contributed by atoms with Crippen molar-refractivity contribution in [3.8, 4) is 11.8 Å². The van der Waals surface area contributed by atoms with Gasteiger partial charge in [-0.3, -0.25) is 4.79 Å². The molecule has 126 valence electrons. The third-order valence-corrected chi connectivity index (χ3v) is 4.25. The topological polar surface area (TPSA) is 78.8 Å². The number of para-hydroxylation sites is 2. The minimum atomic E-state index is -0.989. The zero-order chi connectivity index (χ0) is 17.9. The Morgan fingerprint density at radius 3 is 2.69 bits per heavy atom. The van der Waals surface area contributed by atoms with Gasteiger partial charge in [-0.05, 0) is 23.6 Å². The lowest BCUT2D eigenvalue weighted by Gasteiger charge is -2.10. The van der Waals surface area contributed by atoms with Crippen LogP contribution in [0.1, 0.15) is 11.7 Å². The van der Waals surface area contributed by atoms with Gasteiger partial charge in [-0.2, -0.15) is 5.26 Å². The minimum absolute atomic E-state index is 0.191. The first-order valence-electron chi connectivity index (χ1n) is 8.24. The number of aromatic amines is 1. The largest absolute Gasteiger partial charge is 0.485 e. The number of imidazole rings is 1. The van der Waals surface area contributed by atoms with Crippen molar-refractivity contribution in [3.63, 3.8) is 0 Å². The summed E-state index contributed by atoms with van der Waals surface area (Å²) < 4.78 is 5.72. The number of benzene rings is 3. The van der Waals surface area contributed by atoms with Crippen LogP contribution in [0, 0.1) is 11.3 Å². The van der Waals surface area contributed by atoms with Crippen LogP contribution in [0.15, 0.2) is 66.7 Å². The van der Waals surface area contributed by atoms with Crippen LogP contribution >= 0.6 is 0 Å². The Morgan fingerprint density at radius 2 is 1.85 bits per heavy atom. The van der Waals surface area contributed by atoms with Crippen molar-refractivity contribution >= 4 is 27.6 Å². The van der Waals surface area contributed by atoms with E-state index >= 15 is 0 Å². The molecule has 4 aromatic rings. The number of H-pyrrole nitrogens is 1. The maximum absolute atomic E-state index is 12.6. The van der Waals surface area contributed by atoms with Gasteiger partial charge in [0.1, 0.15) is 18.2 Å². The smallest absolute Gasteiger partial charge is 0.194 e. The molecular formula is C21H15N3O2. The second-order valence-electron chi connectivity index (χ2n) is 5.93. The highest BCUT2D eigenvalue weighted by atomic mass is 16.5. The maximum atomic E-state index is 12.6. The molecule has 1 aromatic heterocycles. The predicted octanol–water partition coefficient (Wildman–Crippen LogP) is 3.97. The van der Waals surface area contributed by atoms with Crippen LogP contribution in [0.2, 0.25) is 0 Å². The number of fused-ring (bicyclic) bond motifs is 2. The quantitative estimate of drug-likeness (QED) is 0.596. The number of nitriles is 1. The molecule has 4 rings (SSSR count). The molecule has 0 unspecified atom stereocenters. The van der Waals surface area contributed by atoms with E-state index in [1.165, 1.54) is 0 Å². The van der Waals surface area contributed by atoms with Crippen molar-refractivity contribution in [3.05, 3.63) is 72.6 Å². The third-order valence-electron chi connectivity index (χ3n) is 4.25. The molecule has 1 N–H and O–H groups in total. The maximum Gasteiger partial charge on any atom is 0.194 e. The molecule has 5 heteroatoms. The fourth-order valence-electron chi connectivity index (χ4n) is 2.95. The summed E-state index contributed by atoms with van der Waals surface area (Å²) in [5, 5.41) is 11.4. The molecular weight excluding hydrogens is 326 g/mol. The molecule has 1 atom stereocenters. The molecule has 5 nitrogen and oxygen atoms in total. The van der Waals surface area contributed by atoms with E-state index in [1.807, 2.05) is 72.8 Å². The average molecular weight is 341 g/mol. The lowest BCUT2D eigenvalue weighted by molar-refractivity contribution is -0.121. The van der Waals surface area contributed by atoms with Gasteiger partial charge in [-0.25, -0.2) is 4.98 Å². The van der Waals surface area contributed by atoms with Crippen LogP contribution in [-0.2, 0) is 4.79 Å². The minimum Gasteiger partial charge on any atom is -0.485 e. The van der Waals surface area contributed by atoms with Gasteiger partial charge < -0.3 is 9.72 Å². The van der Waals surface area contributed by atoms with E-state index in [2.05, 4.69) is 9.97 Å². The SMILES string of the molecule is N#C[C@@H](C(=O)COc1cccc2ccccc12)c1nc2ccccc2[nH]1. The van der Waals surface area contributed by atoms with Crippen LogP contribution in [-0.4, -0.2) is 22.4 Å². The number of Topliss-reactive ketones (excluding diaryl/α,β-unsaturated/α-hetero) is 1. The number of nitrogens with zero attached hydrogens (tertiary/aromatic N) is 2. The summed E-state index contributed by atoms with van der Waals surface area (Å²) in [5.41, 5.74) is 1.52. The zero-order valence-electron chi connectivity index (χ0n) is 13.8. The van der Waals surface area contributed by atoms with Crippen LogP contribution in [0.5, 0.6) is 5.75 Å². The van der Waals surface area contributed by atoms with E-state index in [1.54, 1.807) is 0 Å². The van der Waals surface area contributed by atoms with Gasteiger partial charge in [0.05, 0.1) is 17.1 Å². The van der Waals surface area contributed by atoms with E-state index in [0.29, 0.717) is 11.6 Å². The first-order chi connectivity index (χ1) is 12.8. The molecule has 0 fully saturated rings. The second-order valence-corrected chi connectivity index (χ2v) is 5.93. The summed E-state index contributed by atoms with van der Waals surface area (Å²) in [5.74, 6) is -0.352. The van der Waals surface area contributed by atoms with Gasteiger partial charge in [0.2, 0.25) is 0 Å². The molecule has 0 saturated heterocycles. The Hall–Kier alpha value is -3.65. The van der Waals surface area contributed by atoms with Crippen molar-refractivity contribution in [1.82, 2.24) is 9.97 Å². The lowest BCUT2D eigenvalue weighted by atomic mass is 10.1. The highest BCUT2D eigenvalue weighted by Gasteiger charge is 2.24. The fourth-order valence-corrected chi connectivity index (χ4v) is 2.95. The van der Waals surface area contributed by atoms with Crippen molar-refractivity contribution in [2.75, 3.05) is 6.61 Å². The predicted molar refractivity (Wildman–Crippen MR) is 98.9 cm³/mol. The Labute approximate surface area is 149 Å². The number of ketones is 1. The first kappa shape index (κ1) is 15.9. The van der Waals surface area contributed by atoms with Crippen molar-refractivity contribution < 1.29 is 9.53 Å².